The molecule has 1 fully saturated rings. The highest BCUT2D eigenvalue weighted by atomic mass is 79.9. The van der Waals surface area contributed by atoms with Crippen molar-refractivity contribution in [2.45, 2.75) is 63.7 Å². The van der Waals surface area contributed by atoms with Crippen molar-refractivity contribution in [3.63, 3.8) is 0 Å². The van der Waals surface area contributed by atoms with Gasteiger partial charge in [0.05, 0.1) is 17.3 Å². The third-order valence-corrected chi connectivity index (χ3v) is 6.26. The van der Waals surface area contributed by atoms with Gasteiger partial charge in [-0.1, -0.05) is 6.92 Å². The third-order valence-electron chi connectivity index (χ3n) is 5.44. The Morgan fingerprint density at radius 3 is 3.04 bits per heavy atom. The molecular weight excluding hydrogens is 356 g/mol. The van der Waals surface area contributed by atoms with Gasteiger partial charge < -0.3 is 9.84 Å². The molecule has 2 heterocycles. The molecule has 1 aromatic heterocycles. The molecule has 5 heteroatoms. The van der Waals surface area contributed by atoms with Crippen LogP contribution in [0.5, 0.6) is 0 Å². The first-order valence-electron chi connectivity index (χ1n) is 8.67. The molecular formula is C18H23BrN2O2. The van der Waals surface area contributed by atoms with Crippen LogP contribution in [0.25, 0.3) is 10.9 Å². The van der Waals surface area contributed by atoms with Crippen LogP contribution in [-0.2, 0) is 16.8 Å². The number of halogens is 1. The smallest absolute Gasteiger partial charge is 0.150 e. The highest BCUT2D eigenvalue weighted by molar-refractivity contribution is 9.10. The van der Waals surface area contributed by atoms with E-state index < -0.39 is 5.60 Å². The van der Waals surface area contributed by atoms with E-state index in [1.807, 2.05) is 10.9 Å². The molecule has 1 aromatic carbocycles. The van der Waals surface area contributed by atoms with Crippen LogP contribution < -0.4 is 0 Å². The molecule has 23 heavy (non-hydrogen) atoms. The number of nitrogens with zero attached hydrogens (tertiary/aromatic N) is 2. The summed E-state index contributed by atoms with van der Waals surface area (Å²) in [6, 6.07) is 2.22. The van der Waals surface area contributed by atoms with Gasteiger partial charge in [-0.25, -0.2) is 4.68 Å². The van der Waals surface area contributed by atoms with Crippen LogP contribution in [0.4, 0.5) is 0 Å². The summed E-state index contributed by atoms with van der Waals surface area (Å²) < 4.78 is 8.95. The monoisotopic (exact) mass is 378 g/mol. The van der Waals surface area contributed by atoms with E-state index >= 15 is 0 Å². The van der Waals surface area contributed by atoms with Gasteiger partial charge in [-0.15, -0.1) is 0 Å². The fourth-order valence-electron chi connectivity index (χ4n) is 4.09. The van der Waals surface area contributed by atoms with Gasteiger partial charge in [0.15, 0.2) is 6.23 Å². The number of aryl methyl sites for hydroxylation is 1. The average Bonchev–Trinajstić information content (AvgIpc) is 3.00. The zero-order valence-electron chi connectivity index (χ0n) is 13.5. The van der Waals surface area contributed by atoms with Crippen LogP contribution in [0.1, 0.15) is 62.8 Å². The summed E-state index contributed by atoms with van der Waals surface area (Å²) in [6.45, 7) is 2.87. The highest BCUT2D eigenvalue weighted by Gasteiger charge is 2.36. The minimum atomic E-state index is -0.718. The summed E-state index contributed by atoms with van der Waals surface area (Å²) in [4.78, 5) is 0. The Morgan fingerprint density at radius 1 is 1.43 bits per heavy atom. The standard InChI is InChI=1S/C18H23BrN2O2/c1-2-18(22)8-5-6-12-10-14-13(17(19)16(12)18)11-20-21(14)15-7-3-4-9-23-15/h10-11,15,22H,2-9H2,1H3. The van der Waals surface area contributed by atoms with Gasteiger partial charge in [0.2, 0.25) is 0 Å². The molecule has 1 N–H and O–H groups in total. The Bertz CT molecular complexity index is 736. The van der Waals surface area contributed by atoms with E-state index in [1.54, 1.807) is 0 Å². The van der Waals surface area contributed by atoms with Gasteiger partial charge in [-0.2, -0.15) is 5.10 Å². The maximum Gasteiger partial charge on any atom is 0.150 e. The molecule has 0 bridgehead atoms. The topological polar surface area (TPSA) is 47.3 Å². The number of hydrogen-bond acceptors (Lipinski definition) is 3. The van der Waals surface area contributed by atoms with E-state index in [0.29, 0.717) is 0 Å². The quantitative estimate of drug-likeness (QED) is 0.840. The number of ether oxygens (including phenoxy) is 1. The van der Waals surface area contributed by atoms with Crippen molar-refractivity contribution >= 4 is 26.8 Å². The van der Waals surface area contributed by atoms with Crippen LogP contribution >= 0.6 is 15.9 Å². The first-order valence-corrected chi connectivity index (χ1v) is 9.46. The molecule has 0 saturated carbocycles. The van der Waals surface area contributed by atoms with E-state index in [4.69, 9.17) is 4.74 Å². The summed E-state index contributed by atoms with van der Waals surface area (Å²) >= 11 is 3.77. The minimum absolute atomic E-state index is 0.0415. The van der Waals surface area contributed by atoms with E-state index in [2.05, 4.69) is 34.0 Å². The Morgan fingerprint density at radius 2 is 2.30 bits per heavy atom. The van der Waals surface area contributed by atoms with Crippen molar-refractivity contribution in [2.75, 3.05) is 6.61 Å². The number of benzene rings is 1. The molecule has 1 aliphatic heterocycles. The van der Waals surface area contributed by atoms with Crippen molar-refractivity contribution in [3.8, 4) is 0 Å². The second kappa shape index (κ2) is 5.87. The number of fused-ring (bicyclic) bond motifs is 2. The van der Waals surface area contributed by atoms with Crippen molar-refractivity contribution in [1.29, 1.82) is 0 Å². The highest BCUT2D eigenvalue weighted by Crippen LogP contribution is 2.45. The van der Waals surface area contributed by atoms with Crippen LogP contribution in [0.15, 0.2) is 16.7 Å². The molecule has 0 spiro atoms. The Hall–Kier alpha value is -0.910. The Kier molecular flexibility index (Phi) is 3.98. The van der Waals surface area contributed by atoms with Gasteiger partial charge >= 0.3 is 0 Å². The lowest BCUT2D eigenvalue weighted by Crippen LogP contribution is -2.30. The predicted octanol–water partition coefficient (Wildman–Crippen LogP) is 4.43. The number of aromatic nitrogens is 2. The predicted molar refractivity (Wildman–Crippen MR) is 93.4 cm³/mol. The lowest BCUT2D eigenvalue weighted by molar-refractivity contribution is -0.0366. The maximum absolute atomic E-state index is 11.0. The molecule has 124 valence electrons. The summed E-state index contributed by atoms with van der Waals surface area (Å²) in [5, 5.41) is 16.7. The van der Waals surface area contributed by atoms with Crippen LogP contribution in [0.3, 0.4) is 0 Å². The zero-order chi connectivity index (χ0) is 16.0. The lowest BCUT2D eigenvalue weighted by Gasteiger charge is -2.35. The number of hydrogen-bond donors (Lipinski definition) is 1. The normalized spacial score (nSPS) is 28.0. The molecule has 4 nitrogen and oxygen atoms in total. The SMILES string of the molecule is CCC1(O)CCCc2cc3c(cnn3C3CCCCO3)c(Br)c21. The van der Waals surface area contributed by atoms with Crippen molar-refractivity contribution in [1.82, 2.24) is 9.78 Å². The number of rotatable bonds is 2. The first-order chi connectivity index (χ1) is 11.1. The largest absolute Gasteiger partial charge is 0.385 e. The Labute approximate surface area is 144 Å². The fourth-order valence-corrected chi connectivity index (χ4v) is 5.02. The molecule has 2 unspecified atom stereocenters. The van der Waals surface area contributed by atoms with Gasteiger partial charge in [0.25, 0.3) is 0 Å². The van der Waals surface area contributed by atoms with Gasteiger partial charge in [0.1, 0.15) is 0 Å². The summed E-state index contributed by atoms with van der Waals surface area (Å²) in [5.74, 6) is 0. The van der Waals surface area contributed by atoms with Gasteiger partial charge in [0, 0.05) is 22.0 Å². The molecule has 0 amide bonds. The zero-order valence-corrected chi connectivity index (χ0v) is 15.1. The van der Waals surface area contributed by atoms with Crippen molar-refractivity contribution < 1.29 is 9.84 Å². The average molecular weight is 379 g/mol. The second-order valence-corrected chi connectivity index (χ2v) is 7.60. The van der Waals surface area contributed by atoms with Crippen LogP contribution in [0.2, 0.25) is 0 Å². The molecule has 4 rings (SSSR count). The van der Waals surface area contributed by atoms with Gasteiger partial charge in [-0.3, -0.25) is 0 Å². The summed E-state index contributed by atoms with van der Waals surface area (Å²) in [7, 11) is 0. The number of aliphatic hydroxyl groups is 1. The van der Waals surface area contributed by atoms with Crippen LogP contribution in [-0.4, -0.2) is 21.5 Å². The van der Waals surface area contributed by atoms with Crippen LogP contribution in [0, 0.1) is 0 Å². The second-order valence-electron chi connectivity index (χ2n) is 6.81. The molecule has 0 radical (unpaired) electrons. The summed E-state index contributed by atoms with van der Waals surface area (Å²) in [5.41, 5.74) is 2.72. The van der Waals surface area contributed by atoms with Gasteiger partial charge in [-0.05, 0) is 72.5 Å². The third kappa shape index (κ3) is 2.44. The minimum Gasteiger partial charge on any atom is -0.385 e. The Balaban J connectivity index is 1.88. The first kappa shape index (κ1) is 15.6. The van der Waals surface area contributed by atoms with E-state index in [-0.39, 0.29) is 6.23 Å². The van der Waals surface area contributed by atoms with E-state index in [0.717, 1.165) is 66.1 Å². The van der Waals surface area contributed by atoms with Crippen molar-refractivity contribution in [2.24, 2.45) is 0 Å². The van der Waals surface area contributed by atoms with E-state index in [1.165, 1.54) is 12.0 Å². The fraction of sp³-hybridized carbons (Fsp3) is 0.611. The summed E-state index contributed by atoms with van der Waals surface area (Å²) in [6.07, 6.45) is 8.91. The molecule has 1 saturated heterocycles. The molecule has 2 atom stereocenters. The van der Waals surface area contributed by atoms with Crippen molar-refractivity contribution in [3.05, 3.63) is 27.9 Å². The molecule has 1 aliphatic carbocycles. The molecule has 2 aliphatic rings. The molecule has 2 aromatic rings. The van der Waals surface area contributed by atoms with E-state index in [9.17, 15) is 5.11 Å². The lowest BCUT2D eigenvalue weighted by atomic mass is 9.77. The maximum atomic E-state index is 11.0.